The molecule has 3 aromatic carbocycles. The molecule has 0 unspecified atom stereocenters. The minimum absolute atomic E-state index is 0.558. The van der Waals surface area contributed by atoms with Gasteiger partial charge in [0, 0.05) is 56.1 Å². The zero-order valence-electron chi connectivity index (χ0n) is 20.6. The molecule has 0 fully saturated rings. The van der Waals surface area contributed by atoms with Crippen molar-refractivity contribution in [2.24, 2.45) is 0 Å². The van der Waals surface area contributed by atoms with Gasteiger partial charge in [-0.05, 0) is 48.9 Å². The Bertz CT molecular complexity index is 1110. The second-order valence-electron chi connectivity index (χ2n) is 8.32. The van der Waals surface area contributed by atoms with Crippen molar-refractivity contribution < 1.29 is 24.5 Å². The van der Waals surface area contributed by atoms with Crippen LogP contribution in [-0.4, -0.2) is 53.2 Å². The van der Waals surface area contributed by atoms with Gasteiger partial charge in [0.25, 0.3) is 0 Å². The number of carboxylic acid groups (broad SMARTS) is 2. The summed E-state index contributed by atoms with van der Waals surface area (Å²) in [7, 11) is 0. The average Bonchev–Trinajstić information content (AvgIpc) is 2.93. The smallest absolute Gasteiger partial charge is 0.328 e. The van der Waals surface area contributed by atoms with Crippen LogP contribution in [0.5, 0.6) is 5.75 Å². The average molecular weight is 501 g/mol. The number of hydrogen-bond acceptors (Lipinski definition) is 5. The number of carboxylic acids is 2. The quantitative estimate of drug-likeness (QED) is 0.351. The first-order valence-corrected chi connectivity index (χ1v) is 12.2. The number of rotatable bonds is 10. The van der Waals surface area contributed by atoms with Crippen LogP contribution in [0.3, 0.4) is 0 Å². The van der Waals surface area contributed by atoms with Crippen LogP contribution in [0.4, 0.5) is 11.4 Å². The van der Waals surface area contributed by atoms with Gasteiger partial charge in [0.05, 0.1) is 0 Å². The number of ether oxygens (including phenoxy) is 1. The number of aliphatic carboxylic acids is 2. The summed E-state index contributed by atoms with van der Waals surface area (Å²) in [5.74, 6) is -0.504. The standard InChI is InChI=1S/C26H28N2O.C4H4O4/c1-4-11-23(12-5-1)28(24-13-6-2-7-14-24)20-10-19-27-21-17-26(18-22-27)29-25-15-8-3-9-16-25;5-3(6)1-2-4(7)8/h1-9,11-17H,10,18-22H2;1-2H,(H,5,6)(H,7,8)/b;2-1+. The van der Waals surface area contributed by atoms with E-state index in [9.17, 15) is 9.59 Å². The molecule has 7 nitrogen and oxygen atoms in total. The molecule has 0 aliphatic carbocycles. The van der Waals surface area contributed by atoms with Crippen molar-refractivity contribution in [1.82, 2.24) is 4.90 Å². The predicted octanol–water partition coefficient (Wildman–Crippen LogP) is 5.60. The number of carbonyl (C=O) groups is 2. The van der Waals surface area contributed by atoms with Gasteiger partial charge >= 0.3 is 11.9 Å². The number of benzene rings is 3. The molecular weight excluding hydrogens is 468 g/mol. The van der Waals surface area contributed by atoms with E-state index in [-0.39, 0.29) is 0 Å². The van der Waals surface area contributed by atoms with Crippen LogP contribution in [0.1, 0.15) is 12.8 Å². The number of nitrogens with zero attached hydrogens (tertiary/aromatic N) is 2. The molecule has 0 radical (unpaired) electrons. The van der Waals surface area contributed by atoms with Crippen molar-refractivity contribution in [1.29, 1.82) is 0 Å². The van der Waals surface area contributed by atoms with Crippen LogP contribution in [0.2, 0.25) is 0 Å². The summed E-state index contributed by atoms with van der Waals surface area (Å²) in [6.07, 6.45) is 5.43. The van der Waals surface area contributed by atoms with E-state index in [0.717, 1.165) is 50.5 Å². The fourth-order valence-corrected chi connectivity index (χ4v) is 3.85. The Morgan fingerprint density at radius 2 is 1.32 bits per heavy atom. The minimum atomic E-state index is -1.26. The second-order valence-corrected chi connectivity index (χ2v) is 8.32. The van der Waals surface area contributed by atoms with Crippen LogP contribution < -0.4 is 9.64 Å². The fourth-order valence-electron chi connectivity index (χ4n) is 3.85. The molecule has 7 heteroatoms. The summed E-state index contributed by atoms with van der Waals surface area (Å²) in [5.41, 5.74) is 2.49. The van der Waals surface area contributed by atoms with Gasteiger partial charge in [0.1, 0.15) is 11.5 Å². The third-order valence-corrected chi connectivity index (χ3v) is 5.60. The first-order chi connectivity index (χ1) is 18.0. The van der Waals surface area contributed by atoms with Crippen LogP contribution in [0, 0.1) is 0 Å². The first kappa shape index (κ1) is 27.2. The summed E-state index contributed by atoms with van der Waals surface area (Å²) in [6.45, 7) is 4.10. The fraction of sp³-hybridized carbons (Fsp3) is 0.200. The van der Waals surface area contributed by atoms with Crippen molar-refractivity contribution in [2.45, 2.75) is 12.8 Å². The lowest BCUT2D eigenvalue weighted by Gasteiger charge is -2.29. The van der Waals surface area contributed by atoms with Gasteiger partial charge in [-0.3, -0.25) is 4.90 Å². The van der Waals surface area contributed by atoms with Crippen molar-refractivity contribution in [3.8, 4) is 5.75 Å². The molecule has 0 spiro atoms. The summed E-state index contributed by atoms with van der Waals surface area (Å²) >= 11 is 0. The lowest BCUT2D eigenvalue weighted by molar-refractivity contribution is -0.134. The normalized spacial score (nSPS) is 13.2. The Kier molecular flexibility index (Phi) is 11.0. The van der Waals surface area contributed by atoms with Crippen molar-refractivity contribution in [3.05, 3.63) is 115 Å². The Morgan fingerprint density at radius 1 is 0.811 bits per heavy atom. The predicted molar refractivity (Wildman–Crippen MR) is 145 cm³/mol. The highest BCUT2D eigenvalue weighted by Gasteiger charge is 2.14. The molecule has 0 aromatic heterocycles. The lowest BCUT2D eigenvalue weighted by atomic mass is 10.2. The maximum atomic E-state index is 9.55. The van der Waals surface area contributed by atoms with Crippen LogP contribution in [0.25, 0.3) is 0 Å². The molecule has 2 N–H and O–H groups in total. The molecule has 192 valence electrons. The monoisotopic (exact) mass is 500 g/mol. The van der Waals surface area contributed by atoms with Gasteiger partial charge < -0.3 is 19.8 Å². The van der Waals surface area contributed by atoms with Crippen molar-refractivity contribution in [2.75, 3.05) is 31.1 Å². The van der Waals surface area contributed by atoms with E-state index in [1.807, 2.05) is 30.3 Å². The molecule has 4 rings (SSSR count). The highest BCUT2D eigenvalue weighted by Crippen LogP contribution is 2.25. The molecule has 0 amide bonds. The molecule has 0 bridgehead atoms. The number of para-hydroxylation sites is 3. The molecule has 0 atom stereocenters. The van der Waals surface area contributed by atoms with Gasteiger partial charge in [-0.1, -0.05) is 54.6 Å². The summed E-state index contributed by atoms with van der Waals surface area (Å²) in [6, 6.07) is 31.4. The van der Waals surface area contributed by atoms with Gasteiger partial charge in [-0.15, -0.1) is 0 Å². The Morgan fingerprint density at radius 3 is 1.78 bits per heavy atom. The molecule has 1 aliphatic heterocycles. The summed E-state index contributed by atoms with van der Waals surface area (Å²) in [4.78, 5) is 24.0. The van der Waals surface area contributed by atoms with Crippen molar-refractivity contribution in [3.63, 3.8) is 0 Å². The third kappa shape index (κ3) is 10.0. The highest BCUT2D eigenvalue weighted by molar-refractivity contribution is 5.89. The van der Waals surface area contributed by atoms with E-state index in [1.165, 1.54) is 11.4 Å². The van der Waals surface area contributed by atoms with Crippen molar-refractivity contribution >= 4 is 23.3 Å². The van der Waals surface area contributed by atoms with E-state index < -0.39 is 11.9 Å². The van der Waals surface area contributed by atoms with Gasteiger partial charge in [0.15, 0.2) is 0 Å². The molecule has 1 heterocycles. The lowest BCUT2D eigenvalue weighted by Crippen LogP contribution is -2.32. The number of anilines is 2. The van der Waals surface area contributed by atoms with Crippen LogP contribution in [-0.2, 0) is 9.59 Å². The first-order valence-electron chi connectivity index (χ1n) is 12.2. The summed E-state index contributed by atoms with van der Waals surface area (Å²) in [5, 5.41) is 15.6. The second kappa shape index (κ2) is 14.9. The van der Waals surface area contributed by atoms with E-state index in [0.29, 0.717) is 12.2 Å². The largest absolute Gasteiger partial charge is 0.478 e. The highest BCUT2D eigenvalue weighted by atomic mass is 16.5. The zero-order valence-corrected chi connectivity index (χ0v) is 20.6. The van der Waals surface area contributed by atoms with Gasteiger partial charge in [-0.25, -0.2) is 9.59 Å². The number of hydrogen-bond donors (Lipinski definition) is 2. The maximum Gasteiger partial charge on any atom is 0.328 e. The topological polar surface area (TPSA) is 90.3 Å². The molecule has 0 saturated heterocycles. The third-order valence-electron chi connectivity index (χ3n) is 5.60. The summed E-state index contributed by atoms with van der Waals surface area (Å²) < 4.78 is 5.99. The molecular formula is C30H32N2O5. The Hall–Kier alpha value is -4.36. The van der Waals surface area contributed by atoms with Crippen LogP contribution >= 0.6 is 0 Å². The molecule has 3 aromatic rings. The van der Waals surface area contributed by atoms with Gasteiger partial charge in [-0.2, -0.15) is 0 Å². The van der Waals surface area contributed by atoms with E-state index in [4.69, 9.17) is 14.9 Å². The zero-order chi connectivity index (χ0) is 26.3. The maximum absolute atomic E-state index is 9.55. The van der Waals surface area contributed by atoms with E-state index in [2.05, 4.69) is 76.5 Å². The molecule has 37 heavy (non-hydrogen) atoms. The van der Waals surface area contributed by atoms with Gasteiger partial charge in [0.2, 0.25) is 0 Å². The Balaban J connectivity index is 0.000000414. The SMILES string of the molecule is C1=C(Oc2ccccc2)CCN(CCCN(c2ccccc2)c2ccccc2)C1.O=C(O)/C=C/C(=O)O. The van der Waals surface area contributed by atoms with E-state index >= 15 is 0 Å². The van der Waals surface area contributed by atoms with Crippen LogP contribution in [0.15, 0.2) is 115 Å². The Labute approximate surface area is 217 Å². The van der Waals surface area contributed by atoms with E-state index in [1.54, 1.807) is 0 Å². The molecule has 1 aliphatic rings. The molecule has 0 saturated carbocycles. The minimum Gasteiger partial charge on any atom is -0.478 e.